The topological polar surface area (TPSA) is 71.6 Å². The Morgan fingerprint density at radius 3 is 2.36 bits per heavy atom. The highest BCUT2D eigenvalue weighted by atomic mass is 16.2. The van der Waals surface area contributed by atoms with Gasteiger partial charge in [-0.3, -0.25) is 14.5 Å². The number of aromatic nitrogens is 1. The molecule has 1 fully saturated rings. The van der Waals surface area contributed by atoms with E-state index in [4.69, 9.17) is 5.73 Å². The van der Waals surface area contributed by atoms with Crippen LogP contribution in [0.25, 0.3) is 22.0 Å². The van der Waals surface area contributed by atoms with E-state index in [1.807, 2.05) is 59.5 Å². The Labute approximate surface area is 211 Å². The molecule has 36 heavy (non-hydrogen) atoms. The van der Waals surface area contributed by atoms with Crippen LogP contribution in [-0.4, -0.2) is 58.8 Å². The lowest BCUT2D eigenvalue weighted by Crippen LogP contribution is -2.48. The van der Waals surface area contributed by atoms with Gasteiger partial charge in [-0.1, -0.05) is 36.4 Å². The predicted molar refractivity (Wildman–Crippen MR) is 145 cm³/mol. The van der Waals surface area contributed by atoms with Crippen molar-refractivity contribution in [1.82, 2.24) is 14.4 Å². The smallest absolute Gasteiger partial charge is 0.219 e. The third-order valence-electron chi connectivity index (χ3n) is 7.17. The number of carbonyl (C=O) groups is 2. The molecule has 3 aromatic carbocycles. The fourth-order valence-electron chi connectivity index (χ4n) is 4.95. The molecule has 0 atom stereocenters. The van der Waals surface area contributed by atoms with Gasteiger partial charge >= 0.3 is 0 Å². The Kier molecular flexibility index (Phi) is 6.87. The minimum absolute atomic E-state index is 0.0601. The van der Waals surface area contributed by atoms with Gasteiger partial charge in [-0.05, 0) is 53.1 Å². The summed E-state index contributed by atoms with van der Waals surface area (Å²) in [7, 11) is 0. The van der Waals surface area contributed by atoms with Gasteiger partial charge in [0.25, 0.3) is 0 Å². The van der Waals surface area contributed by atoms with Crippen molar-refractivity contribution in [1.29, 1.82) is 0 Å². The van der Waals surface area contributed by atoms with Crippen LogP contribution >= 0.6 is 0 Å². The van der Waals surface area contributed by atoms with Crippen LogP contribution in [0, 0.1) is 0 Å². The van der Waals surface area contributed by atoms with Crippen LogP contribution in [0.2, 0.25) is 0 Å². The van der Waals surface area contributed by atoms with Crippen molar-refractivity contribution in [2.75, 3.05) is 38.5 Å². The largest absolute Gasteiger partial charge is 0.398 e. The average molecular weight is 481 g/mol. The van der Waals surface area contributed by atoms with Gasteiger partial charge in [-0.2, -0.15) is 0 Å². The van der Waals surface area contributed by atoms with Crippen LogP contribution in [0.5, 0.6) is 0 Å². The van der Waals surface area contributed by atoms with Crippen LogP contribution in [0.15, 0.2) is 79.0 Å². The van der Waals surface area contributed by atoms with E-state index in [0.29, 0.717) is 11.3 Å². The summed E-state index contributed by atoms with van der Waals surface area (Å²) in [5, 5.41) is 1.06. The van der Waals surface area contributed by atoms with E-state index in [1.54, 1.807) is 6.92 Å². The van der Waals surface area contributed by atoms with Gasteiger partial charge in [0.05, 0.1) is 0 Å². The Hall–Kier alpha value is -3.90. The molecule has 1 amide bonds. The van der Waals surface area contributed by atoms with E-state index in [0.717, 1.165) is 66.9 Å². The highest BCUT2D eigenvalue weighted by Gasteiger charge is 2.18. The molecule has 0 radical (unpaired) electrons. The normalized spacial score (nSPS) is 14.3. The minimum atomic E-state index is 0.0601. The molecule has 1 aliphatic rings. The van der Waals surface area contributed by atoms with E-state index >= 15 is 0 Å². The molecule has 4 aromatic rings. The summed E-state index contributed by atoms with van der Waals surface area (Å²) in [6, 6.07) is 24.0. The van der Waals surface area contributed by atoms with Crippen LogP contribution in [-0.2, 0) is 17.8 Å². The number of piperazine rings is 1. The quantitative estimate of drug-likeness (QED) is 0.313. The van der Waals surface area contributed by atoms with Gasteiger partial charge in [-0.15, -0.1) is 0 Å². The van der Waals surface area contributed by atoms with E-state index in [-0.39, 0.29) is 18.1 Å². The van der Waals surface area contributed by atoms with Gasteiger partial charge in [0.15, 0.2) is 5.78 Å². The molecule has 184 valence electrons. The van der Waals surface area contributed by atoms with Crippen LogP contribution in [0.1, 0.15) is 22.8 Å². The van der Waals surface area contributed by atoms with Gasteiger partial charge in [0.1, 0.15) is 0 Å². The number of hydrogen-bond acceptors (Lipinski definition) is 4. The third-order valence-corrected chi connectivity index (χ3v) is 7.17. The van der Waals surface area contributed by atoms with Crippen molar-refractivity contribution in [3.63, 3.8) is 0 Å². The summed E-state index contributed by atoms with van der Waals surface area (Å²) >= 11 is 0. The zero-order valence-electron chi connectivity index (χ0n) is 20.7. The number of benzene rings is 3. The molecule has 1 saturated heterocycles. The van der Waals surface area contributed by atoms with Crippen molar-refractivity contribution in [2.24, 2.45) is 0 Å². The van der Waals surface area contributed by atoms with Gasteiger partial charge < -0.3 is 15.2 Å². The van der Waals surface area contributed by atoms with Crippen LogP contribution in [0.4, 0.5) is 5.69 Å². The molecule has 5 rings (SSSR count). The minimum Gasteiger partial charge on any atom is -0.398 e. The number of nitrogens with two attached hydrogens (primary N) is 1. The van der Waals surface area contributed by atoms with Gasteiger partial charge in [0.2, 0.25) is 5.91 Å². The Morgan fingerprint density at radius 1 is 0.833 bits per heavy atom. The standard InChI is InChI=1S/C30H32N4O2/c1-22(35)33-16-13-32(14-17-33)15-18-34-12-11-25-20-26(8-10-29(25)34)30(36)21-27-19-24(7-9-28(27)31)23-5-3-2-4-6-23/h2-12,19-20H,13-18,21,31H2,1H3. The Bertz CT molecular complexity index is 1380. The van der Waals surface area contributed by atoms with Crippen molar-refractivity contribution in [2.45, 2.75) is 19.9 Å². The maximum absolute atomic E-state index is 13.2. The number of fused-ring (bicyclic) bond motifs is 1. The highest BCUT2D eigenvalue weighted by Crippen LogP contribution is 2.26. The van der Waals surface area contributed by atoms with Crippen molar-refractivity contribution < 1.29 is 9.59 Å². The maximum atomic E-state index is 13.2. The molecule has 6 nitrogen and oxygen atoms in total. The molecule has 2 heterocycles. The lowest BCUT2D eigenvalue weighted by atomic mass is 9.97. The lowest BCUT2D eigenvalue weighted by molar-refractivity contribution is -0.130. The zero-order valence-corrected chi connectivity index (χ0v) is 20.7. The molecule has 0 bridgehead atoms. The summed E-state index contributed by atoms with van der Waals surface area (Å²) in [5.41, 5.74) is 11.7. The fraction of sp³-hybridized carbons (Fsp3) is 0.267. The number of nitrogens with zero attached hydrogens (tertiary/aromatic N) is 3. The second kappa shape index (κ2) is 10.4. The fourth-order valence-corrected chi connectivity index (χ4v) is 4.95. The van der Waals surface area contributed by atoms with Crippen molar-refractivity contribution in [3.8, 4) is 11.1 Å². The molecule has 0 unspecified atom stereocenters. The lowest BCUT2D eigenvalue weighted by Gasteiger charge is -2.34. The predicted octanol–water partition coefficient (Wildman–Crippen LogP) is 4.48. The second-order valence-electron chi connectivity index (χ2n) is 9.51. The Morgan fingerprint density at radius 2 is 1.61 bits per heavy atom. The third kappa shape index (κ3) is 5.19. The molecular formula is C30H32N4O2. The number of ketones is 1. The molecule has 0 aliphatic carbocycles. The number of amides is 1. The van der Waals surface area contributed by atoms with Crippen LogP contribution < -0.4 is 5.73 Å². The van der Waals surface area contributed by atoms with E-state index in [1.165, 1.54) is 0 Å². The number of rotatable bonds is 7. The van der Waals surface area contributed by atoms with Gasteiger partial charge in [0, 0.05) is 81.0 Å². The number of Topliss-reactive ketones (excluding diaryl/α,β-unsaturated/α-hetero) is 1. The molecule has 1 aliphatic heterocycles. The maximum Gasteiger partial charge on any atom is 0.219 e. The second-order valence-corrected chi connectivity index (χ2v) is 9.51. The summed E-state index contributed by atoms with van der Waals surface area (Å²) in [5.74, 6) is 0.216. The first-order chi connectivity index (χ1) is 17.5. The average Bonchev–Trinajstić information content (AvgIpc) is 3.31. The van der Waals surface area contributed by atoms with E-state index < -0.39 is 0 Å². The molecule has 2 N–H and O–H groups in total. The molecular weight excluding hydrogens is 448 g/mol. The van der Waals surface area contributed by atoms with Crippen LogP contribution in [0.3, 0.4) is 0 Å². The van der Waals surface area contributed by atoms with E-state index in [2.05, 4.69) is 33.9 Å². The van der Waals surface area contributed by atoms with E-state index in [9.17, 15) is 9.59 Å². The first-order valence-electron chi connectivity index (χ1n) is 12.5. The number of anilines is 1. The van der Waals surface area contributed by atoms with Crippen molar-refractivity contribution >= 4 is 28.3 Å². The Balaban J connectivity index is 1.25. The number of carbonyl (C=O) groups excluding carboxylic acids is 2. The first-order valence-corrected chi connectivity index (χ1v) is 12.5. The van der Waals surface area contributed by atoms with Gasteiger partial charge in [-0.25, -0.2) is 0 Å². The number of nitrogen functional groups attached to an aromatic ring is 1. The molecule has 6 heteroatoms. The highest BCUT2D eigenvalue weighted by molar-refractivity contribution is 6.01. The molecule has 0 saturated carbocycles. The SMILES string of the molecule is CC(=O)N1CCN(CCn2ccc3cc(C(=O)Cc4cc(-c5ccccc5)ccc4N)ccc32)CC1. The molecule has 0 spiro atoms. The monoisotopic (exact) mass is 480 g/mol. The summed E-state index contributed by atoms with van der Waals surface area (Å²) in [4.78, 5) is 29.0. The molecule has 1 aromatic heterocycles. The summed E-state index contributed by atoms with van der Waals surface area (Å²) in [6.45, 7) is 6.86. The summed E-state index contributed by atoms with van der Waals surface area (Å²) in [6.07, 6.45) is 2.36. The van der Waals surface area contributed by atoms with Crippen molar-refractivity contribution in [3.05, 3.63) is 90.1 Å². The first kappa shape index (κ1) is 23.8. The number of hydrogen-bond donors (Lipinski definition) is 1. The zero-order chi connectivity index (χ0) is 25.1. The summed E-state index contributed by atoms with van der Waals surface area (Å²) < 4.78 is 2.24.